The molecular weight excluding hydrogens is 312 g/mol. The number of nitrogens with zero attached hydrogens (tertiary/aromatic N) is 2. The molecule has 0 saturated heterocycles. The van der Waals surface area contributed by atoms with E-state index < -0.39 is 5.25 Å². The molecule has 7 heteroatoms. The van der Waals surface area contributed by atoms with Crippen molar-refractivity contribution in [3.8, 4) is 0 Å². The third-order valence-corrected chi connectivity index (χ3v) is 4.03. The molecule has 1 amide bonds. The van der Waals surface area contributed by atoms with Crippen LogP contribution in [0.1, 0.15) is 29.9 Å². The van der Waals surface area contributed by atoms with Crippen LogP contribution in [0.15, 0.2) is 35.5 Å². The summed E-state index contributed by atoms with van der Waals surface area (Å²) in [7, 11) is 0. The fourth-order valence-electron chi connectivity index (χ4n) is 1.96. The van der Waals surface area contributed by atoms with E-state index in [9.17, 15) is 9.59 Å². The molecule has 0 bridgehead atoms. The summed E-state index contributed by atoms with van der Waals surface area (Å²) in [6.07, 6.45) is 0. The lowest BCUT2D eigenvalue weighted by Gasteiger charge is -2.13. The fraction of sp³-hybridized carbons (Fsp3) is 0.250. The molecule has 1 aromatic heterocycles. The van der Waals surface area contributed by atoms with Crippen molar-refractivity contribution < 1.29 is 9.59 Å². The summed E-state index contributed by atoms with van der Waals surface area (Å²) in [5, 5.41) is 2.79. The number of rotatable bonds is 5. The van der Waals surface area contributed by atoms with Gasteiger partial charge in [0.05, 0.1) is 10.9 Å². The van der Waals surface area contributed by atoms with Crippen molar-refractivity contribution in [1.29, 1.82) is 0 Å². The van der Waals surface area contributed by atoms with E-state index in [4.69, 9.17) is 5.73 Å². The van der Waals surface area contributed by atoms with E-state index in [-0.39, 0.29) is 11.7 Å². The Morgan fingerprint density at radius 3 is 2.61 bits per heavy atom. The summed E-state index contributed by atoms with van der Waals surface area (Å²) in [6.45, 7) is 5.03. The van der Waals surface area contributed by atoms with Crippen molar-refractivity contribution in [3.05, 3.63) is 41.6 Å². The van der Waals surface area contributed by atoms with Gasteiger partial charge in [-0.05, 0) is 32.9 Å². The molecular formula is C16H18N4O2S. The maximum atomic E-state index is 12.3. The molecule has 120 valence electrons. The molecule has 0 saturated carbocycles. The monoisotopic (exact) mass is 330 g/mol. The lowest BCUT2D eigenvalue weighted by atomic mass is 10.1. The Hall–Kier alpha value is -2.41. The second kappa shape index (κ2) is 7.23. The van der Waals surface area contributed by atoms with Gasteiger partial charge in [0.2, 0.25) is 5.91 Å². The Morgan fingerprint density at radius 2 is 1.96 bits per heavy atom. The number of Topliss-reactive ketones (excluding diaryl/α,β-unsaturated/α-hetero) is 1. The summed E-state index contributed by atoms with van der Waals surface area (Å²) in [5.41, 5.74) is 7.41. The second-order valence-corrected chi connectivity index (χ2v) is 6.38. The molecule has 0 fully saturated rings. The molecule has 0 aliphatic heterocycles. The van der Waals surface area contributed by atoms with Crippen LogP contribution < -0.4 is 11.1 Å². The minimum atomic E-state index is -0.434. The summed E-state index contributed by atoms with van der Waals surface area (Å²) in [5.74, 6) is 0.0397. The van der Waals surface area contributed by atoms with Gasteiger partial charge >= 0.3 is 0 Å². The van der Waals surface area contributed by atoms with E-state index >= 15 is 0 Å². The number of carbonyl (C=O) groups is 2. The van der Waals surface area contributed by atoms with Crippen LogP contribution in [0.3, 0.4) is 0 Å². The molecule has 1 heterocycles. The molecule has 3 N–H and O–H groups in total. The minimum Gasteiger partial charge on any atom is -0.384 e. The molecule has 0 radical (unpaired) electrons. The highest BCUT2D eigenvalue weighted by Gasteiger charge is 2.18. The summed E-state index contributed by atoms with van der Waals surface area (Å²) >= 11 is 1.21. The van der Waals surface area contributed by atoms with Gasteiger partial charge in [-0.25, -0.2) is 9.97 Å². The predicted molar refractivity (Wildman–Crippen MR) is 91.6 cm³/mol. The lowest BCUT2D eigenvalue weighted by Crippen LogP contribution is -2.23. The topological polar surface area (TPSA) is 98.0 Å². The van der Waals surface area contributed by atoms with Crippen LogP contribution >= 0.6 is 11.8 Å². The van der Waals surface area contributed by atoms with Crippen molar-refractivity contribution in [2.24, 2.45) is 0 Å². The Bertz CT molecular complexity index is 728. The van der Waals surface area contributed by atoms with Crippen LogP contribution in [-0.4, -0.2) is 26.9 Å². The number of anilines is 2. The zero-order valence-electron chi connectivity index (χ0n) is 13.2. The van der Waals surface area contributed by atoms with Gasteiger partial charge in [-0.2, -0.15) is 0 Å². The maximum Gasteiger partial charge on any atom is 0.237 e. The van der Waals surface area contributed by atoms with Gasteiger partial charge in [-0.15, -0.1) is 0 Å². The number of amides is 1. The third-order valence-electron chi connectivity index (χ3n) is 3.07. The number of nitrogen functional groups attached to an aromatic ring is 1. The fourth-order valence-corrected chi connectivity index (χ4v) is 2.80. The Kier molecular flexibility index (Phi) is 5.33. The summed E-state index contributed by atoms with van der Waals surface area (Å²) in [4.78, 5) is 32.3. The minimum absolute atomic E-state index is 0.101. The van der Waals surface area contributed by atoms with Gasteiger partial charge in [-0.3, -0.25) is 9.59 Å². The van der Waals surface area contributed by atoms with E-state index in [1.807, 2.05) is 6.92 Å². The van der Waals surface area contributed by atoms with Gasteiger partial charge in [0.15, 0.2) is 10.9 Å². The van der Waals surface area contributed by atoms with Crippen molar-refractivity contribution in [1.82, 2.24) is 9.97 Å². The van der Waals surface area contributed by atoms with Crippen LogP contribution in [0.5, 0.6) is 0 Å². The highest BCUT2D eigenvalue weighted by Crippen LogP contribution is 2.23. The smallest absolute Gasteiger partial charge is 0.237 e. The number of nitrogens with two attached hydrogens (primary N) is 1. The number of aromatic nitrogens is 2. The van der Waals surface area contributed by atoms with Crippen molar-refractivity contribution >= 4 is 35.0 Å². The summed E-state index contributed by atoms with van der Waals surface area (Å²) in [6, 6.07) is 8.57. The number of thioether (sulfide) groups is 1. The molecule has 2 aromatic rings. The van der Waals surface area contributed by atoms with E-state index in [0.29, 0.717) is 22.2 Å². The van der Waals surface area contributed by atoms with Crippen LogP contribution in [-0.2, 0) is 4.79 Å². The third kappa shape index (κ3) is 4.53. The molecule has 0 aliphatic carbocycles. The molecule has 1 aromatic carbocycles. The number of hydrogen-bond acceptors (Lipinski definition) is 6. The number of aryl methyl sites for hydroxylation is 1. The molecule has 1 atom stereocenters. The first-order valence-corrected chi connectivity index (χ1v) is 7.93. The molecule has 23 heavy (non-hydrogen) atoms. The van der Waals surface area contributed by atoms with E-state index in [1.165, 1.54) is 18.7 Å². The van der Waals surface area contributed by atoms with Gasteiger partial charge < -0.3 is 11.1 Å². The van der Waals surface area contributed by atoms with Crippen LogP contribution in [0.4, 0.5) is 11.5 Å². The molecule has 0 aliphatic rings. The van der Waals surface area contributed by atoms with Crippen molar-refractivity contribution in [2.75, 3.05) is 11.1 Å². The quantitative estimate of drug-likeness (QED) is 0.497. The first kappa shape index (κ1) is 17.0. The zero-order valence-corrected chi connectivity index (χ0v) is 14.0. The largest absolute Gasteiger partial charge is 0.384 e. The number of nitrogens with one attached hydrogen (secondary N) is 1. The van der Waals surface area contributed by atoms with Gasteiger partial charge in [0.1, 0.15) is 5.82 Å². The van der Waals surface area contributed by atoms with Crippen molar-refractivity contribution in [2.45, 2.75) is 31.2 Å². The van der Waals surface area contributed by atoms with Crippen molar-refractivity contribution in [3.63, 3.8) is 0 Å². The number of hydrogen-bond donors (Lipinski definition) is 2. The van der Waals surface area contributed by atoms with Gasteiger partial charge in [-0.1, -0.05) is 23.9 Å². The molecule has 2 rings (SSSR count). The normalized spacial score (nSPS) is 11.8. The van der Waals surface area contributed by atoms with Crippen LogP contribution in [0.25, 0.3) is 0 Å². The predicted octanol–water partition coefficient (Wildman–Crippen LogP) is 2.69. The average Bonchev–Trinajstić information content (AvgIpc) is 2.46. The van der Waals surface area contributed by atoms with Gasteiger partial charge in [0, 0.05) is 17.3 Å². The Morgan fingerprint density at radius 1 is 1.26 bits per heavy atom. The van der Waals surface area contributed by atoms with E-state index in [2.05, 4.69) is 15.3 Å². The molecule has 6 nitrogen and oxygen atoms in total. The average molecular weight is 330 g/mol. The highest BCUT2D eigenvalue weighted by atomic mass is 32.2. The lowest BCUT2D eigenvalue weighted by molar-refractivity contribution is -0.115. The summed E-state index contributed by atoms with van der Waals surface area (Å²) < 4.78 is 0. The highest BCUT2D eigenvalue weighted by molar-refractivity contribution is 8.00. The molecule has 0 spiro atoms. The number of benzene rings is 1. The van der Waals surface area contributed by atoms with Gasteiger partial charge in [0.25, 0.3) is 0 Å². The van der Waals surface area contributed by atoms with Crippen LogP contribution in [0.2, 0.25) is 0 Å². The first-order chi connectivity index (χ1) is 10.9. The van der Waals surface area contributed by atoms with Crippen LogP contribution in [0, 0.1) is 6.92 Å². The standard InChI is InChI=1S/C16H18N4O2S/c1-9-8-14(17)20-16(18-9)23-11(3)15(22)19-13-7-5-4-6-12(13)10(2)21/h4-8,11H,1-3H3,(H,19,22)(H2,17,18,20)/t11-/m0/s1. The number of para-hydroxylation sites is 1. The maximum absolute atomic E-state index is 12.3. The Balaban J connectivity index is 2.10. The Labute approximate surface area is 138 Å². The number of ketones is 1. The first-order valence-electron chi connectivity index (χ1n) is 7.05. The zero-order chi connectivity index (χ0) is 17.0. The van der Waals surface area contributed by atoms with E-state index in [0.717, 1.165) is 5.69 Å². The SMILES string of the molecule is CC(=O)c1ccccc1NC(=O)[C@H](C)Sc1nc(C)cc(N)n1. The number of carbonyl (C=O) groups excluding carboxylic acids is 2. The van der Waals surface area contributed by atoms with E-state index in [1.54, 1.807) is 37.3 Å². The molecule has 0 unspecified atom stereocenters. The second-order valence-electron chi connectivity index (χ2n) is 5.07.